The Morgan fingerprint density at radius 3 is 2.61 bits per heavy atom. The lowest BCUT2D eigenvalue weighted by Crippen LogP contribution is -2.34. The molecular weight excluding hydrogens is 230 g/mol. The molecule has 0 saturated heterocycles. The van der Waals surface area contributed by atoms with Gasteiger partial charge in [0.05, 0.1) is 5.60 Å². The van der Waals surface area contributed by atoms with Crippen LogP contribution in [0.2, 0.25) is 0 Å². The van der Waals surface area contributed by atoms with Gasteiger partial charge in [-0.2, -0.15) is 0 Å². The van der Waals surface area contributed by atoms with Gasteiger partial charge in [0.2, 0.25) is 0 Å². The first-order valence-corrected chi connectivity index (χ1v) is 5.84. The quantitative estimate of drug-likeness (QED) is 0.271. The molecule has 1 aromatic carbocycles. The van der Waals surface area contributed by atoms with E-state index in [4.69, 9.17) is 10.9 Å². The third kappa shape index (κ3) is 4.35. The van der Waals surface area contributed by atoms with Crippen molar-refractivity contribution in [2.45, 2.75) is 32.9 Å². The van der Waals surface area contributed by atoms with Crippen LogP contribution in [0.1, 0.15) is 30.5 Å². The molecule has 0 fully saturated rings. The molecule has 0 aliphatic heterocycles. The van der Waals surface area contributed by atoms with Crippen LogP contribution in [0.25, 0.3) is 0 Å². The predicted octanol–water partition coefficient (Wildman–Crippen LogP) is 0.950. The van der Waals surface area contributed by atoms with E-state index in [0.717, 1.165) is 11.1 Å². The van der Waals surface area contributed by atoms with E-state index in [1.807, 2.05) is 25.1 Å². The molecule has 0 aromatic heterocycles. The Morgan fingerprint density at radius 1 is 1.44 bits per heavy atom. The van der Waals surface area contributed by atoms with Crippen LogP contribution >= 0.6 is 0 Å². The van der Waals surface area contributed by atoms with Crippen molar-refractivity contribution in [3.8, 4) is 0 Å². The van der Waals surface area contributed by atoms with Gasteiger partial charge in [0, 0.05) is 18.7 Å². The van der Waals surface area contributed by atoms with Crippen molar-refractivity contribution in [1.82, 2.24) is 5.32 Å². The Balaban J connectivity index is 2.69. The summed E-state index contributed by atoms with van der Waals surface area (Å²) in [4.78, 5) is 0. The van der Waals surface area contributed by atoms with E-state index >= 15 is 0 Å². The minimum Gasteiger partial charge on any atom is -0.409 e. The first kappa shape index (κ1) is 14.5. The first-order valence-electron chi connectivity index (χ1n) is 5.84. The van der Waals surface area contributed by atoms with Crippen molar-refractivity contribution in [3.63, 3.8) is 0 Å². The number of rotatable bonds is 5. The summed E-state index contributed by atoms with van der Waals surface area (Å²) in [5.74, 6) is 0.106. The maximum atomic E-state index is 9.59. The van der Waals surface area contributed by atoms with Gasteiger partial charge in [-0.3, -0.25) is 0 Å². The normalized spacial score (nSPS) is 12.8. The van der Waals surface area contributed by atoms with Crippen molar-refractivity contribution in [1.29, 1.82) is 0 Å². The molecular formula is C13H21N3O2. The van der Waals surface area contributed by atoms with Crippen LogP contribution in [0.3, 0.4) is 0 Å². The molecule has 0 heterocycles. The molecule has 5 N–H and O–H groups in total. The molecule has 18 heavy (non-hydrogen) atoms. The molecule has 0 unspecified atom stereocenters. The predicted molar refractivity (Wildman–Crippen MR) is 71.7 cm³/mol. The summed E-state index contributed by atoms with van der Waals surface area (Å²) in [5, 5.41) is 24.3. The number of hydrogen-bond acceptors (Lipinski definition) is 4. The second kappa shape index (κ2) is 5.84. The Kier molecular flexibility index (Phi) is 4.69. The Morgan fingerprint density at radius 2 is 2.11 bits per heavy atom. The van der Waals surface area contributed by atoms with Crippen LogP contribution in [0.15, 0.2) is 23.4 Å². The number of nitrogens with one attached hydrogen (secondary N) is 1. The minimum atomic E-state index is -0.720. The van der Waals surface area contributed by atoms with Crippen LogP contribution < -0.4 is 11.1 Å². The molecule has 0 aliphatic carbocycles. The Hall–Kier alpha value is -1.59. The topological polar surface area (TPSA) is 90.9 Å². The molecule has 0 spiro atoms. The third-order valence-corrected chi connectivity index (χ3v) is 2.62. The van der Waals surface area contributed by atoms with Crippen molar-refractivity contribution >= 4 is 5.84 Å². The number of oxime groups is 1. The molecule has 1 aromatic rings. The lowest BCUT2D eigenvalue weighted by molar-refractivity contribution is 0.0795. The largest absolute Gasteiger partial charge is 0.409 e. The fourth-order valence-electron chi connectivity index (χ4n) is 1.61. The molecule has 0 aliphatic rings. The van der Waals surface area contributed by atoms with Crippen molar-refractivity contribution in [2.24, 2.45) is 10.9 Å². The van der Waals surface area contributed by atoms with Gasteiger partial charge in [-0.05, 0) is 38.0 Å². The minimum absolute atomic E-state index is 0.106. The molecule has 1 rings (SSSR count). The van der Waals surface area contributed by atoms with Gasteiger partial charge in [-0.1, -0.05) is 17.3 Å². The van der Waals surface area contributed by atoms with Crippen molar-refractivity contribution in [3.05, 3.63) is 34.9 Å². The number of benzene rings is 1. The second-order valence-corrected chi connectivity index (χ2v) is 5.04. The summed E-state index contributed by atoms with van der Waals surface area (Å²) in [6, 6.07) is 5.61. The number of amidine groups is 1. The highest BCUT2D eigenvalue weighted by molar-refractivity contribution is 5.97. The van der Waals surface area contributed by atoms with Crippen LogP contribution in [-0.4, -0.2) is 28.3 Å². The molecule has 5 heteroatoms. The smallest absolute Gasteiger partial charge is 0.170 e. The van der Waals surface area contributed by atoms with E-state index in [1.54, 1.807) is 13.8 Å². The zero-order chi connectivity index (χ0) is 13.8. The monoisotopic (exact) mass is 251 g/mol. The van der Waals surface area contributed by atoms with E-state index in [2.05, 4.69) is 10.5 Å². The van der Waals surface area contributed by atoms with E-state index in [0.29, 0.717) is 18.7 Å². The molecule has 0 amide bonds. The summed E-state index contributed by atoms with van der Waals surface area (Å²) in [6.07, 6.45) is 0. The van der Waals surface area contributed by atoms with Gasteiger partial charge in [0.25, 0.3) is 0 Å². The maximum absolute atomic E-state index is 9.59. The number of hydrogen-bond donors (Lipinski definition) is 4. The molecule has 5 nitrogen and oxygen atoms in total. The molecule has 0 atom stereocenters. The zero-order valence-corrected chi connectivity index (χ0v) is 11.1. The highest BCUT2D eigenvalue weighted by atomic mass is 16.4. The summed E-state index contributed by atoms with van der Waals surface area (Å²) in [7, 11) is 0. The average molecular weight is 251 g/mol. The Labute approximate surface area is 107 Å². The van der Waals surface area contributed by atoms with Gasteiger partial charge >= 0.3 is 0 Å². The van der Waals surface area contributed by atoms with Gasteiger partial charge in [-0.15, -0.1) is 0 Å². The number of nitrogens with zero attached hydrogens (tertiary/aromatic N) is 1. The summed E-state index contributed by atoms with van der Waals surface area (Å²) < 4.78 is 0. The van der Waals surface area contributed by atoms with E-state index in [-0.39, 0.29) is 5.84 Å². The van der Waals surface area contributed by atoms with E-state index in [9.17, 15) is 5.11 Å². The zero-order valence-electron chi connectivity index (χ0n) is 11.1. The molecule has 0 radical (unpaired) electrons. The highest BCUT2D eigenvalue weighted by Gasteiger charge is 2.11. The lowest BCUT2D eigenvalue weighted by atomic mass is 10.0. The number of nitrogens with two attached hydrogens (primary N) is 1. The highest BCUT2D eigenvalue weighted by Crippen LogP contribution is 2.11. The lowest BCUT2D eigenvalue weighted by Gasteiger charge is -2.18. The molecule has 0 saturated carbocycles. The van der Waals surface area contributed by atoms with Gasteiger partial charge in [0.15, 0.2) is 5.84 Å². The Bertz CT molecular complexity index is 436. The van der Waals surface area contributed by atoms with Crippen LogP contribution in [0.5, 0.6) is 0 Å². The fraction of sp³-hybridized carbons (Fsp3) is 0.462. The maximum Gasteiger partial charge on any atom is 0.170 e. The van der Waals surface area contributed by atoms with E-state index in [1.165, 1.54) is 0 Å². The molecule has 0 bridgehead atoms. The second-order valence-electron chi connectivity index (χ2n) is 5.04. The van der Waals surface area contributed by atoms with Gasteiger partial charge in [-0.25, -0.2) is 0 Å². The summed E-state index contributed by atoms with van der Waals surface area (Å²) >= 11 is 0. The van der Waals surface area contributed by atoms with Crippen molar-refractivity contribution < 1.29 is 10.3 Å². The third-order valence-electron chi connectivity index (χ3n) is 2.62. The van der Waals surface area contributed by atoms with Gasteiger partial charge in [0.1, 0.15) is 0 Å². The standard InChI is InChI=1S/C13H21N3O2/c1-9-6-10(12(14)16-18)4-5-11(9)7-15-8-13(2,3)17/h4-6,15,17-18H,7-8H2,1-3H3,(H2,14,16). The van der Waals surface area contributed by atoms with Crippen LogP contribution in [-0.2, 0) is 6.54 Å². The van der Waals surface area contributed by atoms with Crippen LogP contribution in [0, 0.1) is 6.92 Å². The van der Waals surface area contributed by atoms with E-state index < -0.39 is 5.60 Å². The number of aliphatic hydroxyl groups is 1. The number of aryl methyl sites for hydroxylation is 1. The fourth-order valence-corrected chi connectivity index (χ4v) is 1.61. The van der Waals surface area contributed by atoms with Gasteiger partial charge < -0.3 is 21.4 Å². The summed E-state index contributed by atoms with van der Waals surface area (Å²) in [6.45, 7) is 6.68. The average Bonchev–Trinajstić information content (AvgIpc) is 2.28. The SMILES string of the molecule is Cc1cc(/C(N)=N/O)ccc1CNCC(C)(C)O. The molecule has 100 valence electrons. The summed E-state index contributed by atoms with van der Waals surface area (Å²) in [5.41, 5.74) is 7.67. The van der Waals surface area contributed by atoms with Crippen LogP contribution in [0.4, 0.5) is 0 Å². The van der Waals surface area contributed by atoms with Crippen molar-refractivity contribution in [2.75, 3.05) is 6.54 Å². The first-order chi connectivity index (χ1) is 8.33.